The minimum absolute atomic E-state index is 0.354. The van der Waals surface area contributed by atoms with Gasteiger partial charge in [-0.3, -0.25) is 0 Å². The second-order valence-electron chi connectivity index (χ2n) is 6.08. The zero-order valence-electron chi connectivity index (χ0n) is 13.0. The van der Waals surface area contributed by atoms with Gasteiger partial charge in [0, 0.05) is 20.1 Å². The molecule has 1 fully saturated rings. The maximum Gasteiger partial charge on any atom is 0.242 e. The minimum Gasteiger partial charge on any atom is -0.326 e. The number of hydrogen-bond acceptors (Lipinski definition) is 3. The highest BCUT2D eigenvalue weighted by atomic mass is 32.2. The van der Waals surface area contributed by atoms with Gasteiger partial charge in [0.2, 0.25) is 10.0 Å². The number of rotatable bonds is 5. The lowest BCUT2D eigenvalue weighted by Crippen LogP contribution is -2.32. The highest BCUT2D eigenvalue weighted by Gasteiger charge is 2.25. The van der Waals surface area contributed by atoms with Gasteiger partial charge in [0.1, 0.15) is 0 Å². The molecule has 0 heterocycles. The summed E-state index contributed by atoms with van der Waals surface area (Å²) in [5.74, 6) is 0.498. The molecule has 0 bridgehead atoms. The van der Waals surface area contributed by atoms with Crippen LogP contribution in [-0.4, -0.2) is 26.3 Å². The number of benzene rings is 1. The molecule has 0 aromatic heterocycles. The molecule has 1 aliphatic carbocycles. The van der Waals surface area contributed by atoms with Crippen LogP contribution in [0.1, 0.15) is 43.2 Å². The Morgan fingerprint density at radius 1 is 1.24 bits per heavy atom. The van der Waals surface area contributed by atoms with Gasteiger partial charge in [0.15, 0.2) is 0 Å². The summed E-state index contributed by atoms with van der Waals surface area (Å²) >= 11 is 0. The van der Waals surface area contributed by atoms with Crippen molar-refractivity contribution in [1.29, 1.82) is 0 Å². The van der Waals surface area contributed by atoms with Gasteiger partial charge in [-0.1, -0.05) is 25.3 Å². The van der Waals surface area contributed by atoms with Crippen molar-refractivity contribution < 1.29 is 8.42 Å². The zero-order chi connectivity index (χ0) is 15.5. The van der Waals surface area contributed by atoms with Crippen molar-refractivity contribution in [2.45, 2.75) is 50.5 Å². The highest BCUT2D eigenvalue weighted by molar-refractivity contribution is 7.89. The van der Waals surface area contributed by atoms with Gasteiger partial charge < -0.3 is 5.73 Å². The van der Waals surface area contributed by atoms with Crippen LogP contribution in [0.4, 0.5) is 0 Å². The maximum absolute atomic E-state index is 12.7. The first-order valence-electron chi connectivity index (χ1n) is 7.71. The Hall–Kier alpha value is -0.910. The first kappa shape index (κ1) is 16.5. The van der Waals surface area contributed by atoms with Crippen LogP contribution in [0, 0.1) is 12.8 Å². The fraction of sp³-hybridized carbons (Fsp3) is 0.625. The van der Waals surface area contributed by atoms with Gasteiger partial charge in [-0.2, -0.15) is 0 Å². The number of sulfonamides is 1. The first-order chi connectivity index (χ1) is 9.95. The third kappa shape index (κ3) is 3.84. The molecule has 1 aliphatic rings. The summed E-state index contributed by atoms with van der Waals surface area (Å²) in [7, 11) is -1.72. The zero-order valence-corrected chi connectivity index (χ0v) is 13.8. The van der Waals surface area contributed by atoms with E-state index in [1.54, 1.807) is 19.2 Å². The molecule has 2 N–H and O–H groups in total. The summed E-state index contributed by atoms with van der Waals surface area (Å²) in [6, 6.07) is 5.23. The second-order valence-corrected chi connectivity index (χ2v) is 8.13. The molecular formula is C16H26N2O2S. The molecule has 0 unspecified atom stereocenters. The summed E-state index contributed by atoms with van der Waals surface area (Å²) in [5.41, 5.74) is 7.60. The molecule has 1 saturated carbocycles. The molecule has 0 aliphatic heterocycles. The van der Waals surface area contributed by atoms with Crippen molar-refractivity contribution >= 4 is 10.0 Å². The molecule has 118 valence electrons. The van der Waals surface area contributed by atoms with Gasteiger partial charge in [-0.15, -0.1) is 0 Å². The standard InChI is InChI=1S/C16H26N2O2S/c1-13-8-9-16(10-15(13)11-17)21(19,20)18(2)12-14-6-4-3-5-7-14/h8-10,14H,3-7,11-12,17H2,1-2H3. The topological polar surface area (TPSA) is 63.4 Å². The second kappa shape index (κ2) is 6.90. The number of nitrogens with two attached hydrogens (primary N) is 1. The molecule has 0 atom stereocenters. The van der Waals surface area contributed by atoms with Crippen molar-refractivity contribution in [2.75, 3.05) is 13.6 Å². The number of hydrogen-bond donors (Lipinski definition) is 1. The van der Waals surface area contributed by atoms with E-state index < -0.39 is 10.0 Å². The molecule has 2 rings (SSSR count). The Morgan fingerprint density at radius 3 is 2.52 bits per heavy atom. The predicted molar refractivity (Wildman–Crippen MR) is 85.5 cm³/mol. The van der Waals surface area contributed by atoms with Crippen LogP contribution in [0.5, 0.6) is 0 Å². The van der Waals surface area contributed by atoms with Gasteiger partial charge in [0.25, 0.3) is 0 Å². The molecule has 21 heavy (non-hydrogen) atoms. The van der Waals surface area contributed by atoms with Crippen molar-refractivity contribution in [1.82, 2.24) is 4.31 Å². The van der Waals surface area contributed by atoms with Gasteiger partial charge in [0.05, 0.1) is 4.90 Å². The van der Waals surface area contributed by atoms with E-state index in [4.69, 9.17) is 5.73 Å². The smallest absolute Gasteiger partial charge is 0.242 e. The van der Waals surface area contributed by atoms with Crippen LogP contribution >= 0.6 is 0 Å². The van der Waals surface area contributed by atoms with E-state index >= 15 is 0 Å². The first-order valence-corrected chi connectivity index (χ1v) is 9.15. The molecule has 1 aromatic carbocycles. The Balaban J connectivity index is 2.16. The average Bonchev–Trinajstić information content (AvgIpc) is 2.48. The Morgan fingerprint density at radius 2 is 1.90 bits per heavy atom. The fourth-order valence-electron chi connectivity index (χ4n) is 3.04. The summed E-state index contributed by atoms with van der Waals surface area (Å²) in [6.45, 7) is 2.93. The van der Waals surface area contributed by atoms with E-state index in [1.165, 1.54) is 23.6 Å². The van der Waals surface area contributed by atoms with E-state index in [0.29, 0.717) is 23.9 Å². The van der Waals surface area contributed by atoms with Crippen molar-refractivity contribution in [2.24, 2.45) is 11.7 Å². The van der Waals surface area contributed by atoms with Crippen LogP contribution < -0.4 is 5.73 Å². The minimum atomic E-state index is -3.41. The van der Waals surface area contributed by atoms with Crippen molar-refractivity contribution in [3.63, 3.8) is 0 Å². The summed E-state index contributed by atoms with van der Waals surface area (Å²) in [4.78, 5) is 0.354. The Kier molecular flexibility index (Phi) is 5.41. The van der Waals surface area contributed by atoms with E-state index in [-0.39, 0.29) is 0 Å². The summed E-state index contributed by atoms with van der Waals surface area (Å²) < 4.78 is 26.8. The molecule has 1 aromatic rings. The molecule has 0 saturated heterocycles. The van der Waals surface area contributed by atoms with Gasteiger partial charge in [-0.05, 0) is 48.9 Å². The average molecular weight is 310 g/mol. The van der Waals surface area contributed by atoms with Crippen LogP contribution in [-0.2, 0) is 16.6 Å². The molecule has 0 spiro atoms. The van der Waals surface area contributed by atoms with E-state index in [1.807, 2.05) is 13.0 Å². The van der Waals surface area contributed by atoms with Crippen molar-refractivity contribution in [3.8, 4) is 0 Å². The van der Waals surface area contributed by atoms with Gasteiger partial charge >= 0.3 is 0 Å². The van der Waals surface area contributed by atoms with E-state index in [2.05, 4.69) is 0 Å². The monoisotopic (exact) mass is 310 g/mol. The lowest BCUT2D eigenvalue weighted by atomic mass is 9.89. The van der Waals surface area contributed by atoms with Crippen LogP contribution in [0.2, 0.25) is 0 Å². The fourth-order valence-corrected chi connectivity index (χ4v) is 4.34. The predicted octanol–water partition coefficient (Wildman–Crippen LogP) is 2.65. The summed E-state index contributed by atoms with van der Waals surface area (Å²) in [6.07, 6.45) is 6.01. The van der Waals surface area contributed by atoms with E-state index in [9.17, 15) is 8.42 Å². The summed E-state index contributed by atoms with van der Waals surface area (Å²) in [5, 5.41) is 0. The lowest BCUT2D eigenvalue weighted by molar-refractivity contribution is 0.300. The highest BCUT2D eigenvalue weighted by Crippen LogP contribution is 2.26. The molecular weight excluding hydrogens is 284 g/mol. The molecule has 5 heteroatoms. The molecule has 0 radical (unpaired) electrons. The largest absolute Gasteiger partial charge is 0.326 e. The Bertz CT molecular complexity index is 578. The normalized spacial score (nSPS) is 17.3. The van der Waals surface area contributed by atoms with Crippen LogP contribution in [0.3, 0.4) is 0 Å². The van der Waals surface area contributed by atoms with Crippen LogP contribution in [0.25, 0.3) is 0 Å². The Labute approximate surface area is 128 Å². The quantitative estimate of drug-likeness (QED) is 0.909. The molecule has 0 amide bonds. The third-order valence-corrected chi connectivity index (χ3v) is 6.31. The molecule has 4 nitrogen and oxygen atoms in total. The van der Waals surface area contributed by atoms with Gasteiger partial charge in [-0.25, -0.2) is 12.7 Å². The van der Waals surface area contributed by atoms with E-state index in [0.717, 1.165) is 24.0 Å². The maximum atomic E-state index is 12.7. The number of nitrogens with zero attached hydrogens (tertiary/aromatic N) is 1. The SMILES string of the molecule is Cc1ccc(S(=O)(=O)N(C)CC2CCCCC2)cc1CN. The number of aryl methyl sites for hydroxylation is 1. The van der Waals surface area contributed by atoms with Crippen molar-refractivity contribution in [3.05, 3.63) is 29.3 Å². The lowest BCUT2D eigenvalue weighted by Gasteiger charge is -2.26. The van der Waals surface area contributed by atoms with Crippen LogP contribution in [0.15, 0.2) is 23.1 Å². The third-order valence-electron chi connectivity index (χ3n) is 4.49.